The minimum absolute atomic E-state index is 0.0694. The quantitative estimate of drug-likeness (QED) is 0.0146. The van der Waals surface area contributed by atoms with Crippen molar-refractivity contribution in [3.63, 3.8) is 0 Å². The Labute approximate surface area is 625 Å². The zero-order valence-corrected chi connectivity index (χ0v) is 66.0. The lowest BCUT2D eigenvalue weighted by Crippen LogP contribution is -2.30. The zero-order valence-electron chi connectivity index (χ0n) is 64.2. The fourth-order valence-corrected chi connectivity index (χ4v) is 11.8. The Kier molecular flexibility index (Phi) is 73.2. The molecule has 18 heteroatoms. The van der Waals surface area contributed by atoms with Gasteiger partial charge in [-0.1, -0.05) is 294 Å². The SMILES string of the molecule is CC/C=C\C/C=C\C/C=C\C/C=C\C/C=C\C/C=C\CCCCCCCCCCCCCCC(=O)OCC(O)COP(=O)(O)OCC(O)COP(=O)(O)OCC(COC(=O)CCCCCCCC/C=C\C/C=C\C/C=C\CCCCC)OC(=O)CCCCCC/C=C\C/C=C\C/C=C\C/C=C\CC. The maximum absolute atomic E-state index is 13.0. The Morgan fingerprint density at radius 2 is 0.515 bits per heavy atom. The molecule has 588 valence electrons. The van der Waals surface area contributed by atoms with E-state index in [2.05, 4.69) is 179 Å². The van der Waals surface area contributed by atoms with Crippen LogP contribution in [0.25, 0.3) is 0 Å². The summed E-state index contributed by atoms with van der Waals surface area (Å²) < 4.78 is 61.1. The first-order valence-corrected chi connectivity index (χ1v) is 42.8. The van der Waals surface area contributed by atoms with Gasteiger partial charge in [0.1, 0.15) is 25.4 Å². The molecule has 0 radical (unpaired) electrons. The third kappa shape index (κ3) is 78.1. The lowest BCUT2D eigenvalue weighted by atomic mass is 10.0. The van der Waals surface area contributed by atoms with Crippen molar-refractivity contribution in [3.05, 3.63) is 158 Å². The fourth-order valence-electron chi connectivity index (χ4n) is 10.2. The number of esters is 3. The molecule has 0 saturated carbocycles. The van der Waals surface area contributed by atoms with Crippen molar-refractivity contribution in [3.8, 4) is 0 Å². The Balaban J connectivity index is 4.55. The Bertz CT molecular complexity index is 2500. The van der Waals surface area contributed by atoms with E-state index >= 15 is 0 Å². The first-order chi connectivity index (χ1) is 50.2. The van der Waals surface area contributed by atoms with Crippen LogP contribution in [0.15, 0.2) is 158 Å². The minimum Gasteiger partial charge on any atom is -0.463 e. The van der Waals surface area contributed by atoms with Gasteiger partial charge in [-0.3, -0.25) is 32.5 Å². The highest BCUT2D eigenvalue weighted by Gasteiger charge is 2.29. The highest BCUT2D eigenvalue weighted by molar-refractivity contribution is 7.47. The molecular formula is C85H142O16P2. The van der Waals surface area contributed by atoms with Gasteiger partial charge in [0.15, 0.2) is 6.10 Å². The monoisotopic (exact) mass is 1480 g/mol. The first-order valence-electron chi connectivity index (χ1n) is 39.8. The number of hydrogen-bond acceptors (Lipinski definition) is 14. The summed E-state index contributed by atoms with van der Waals surface area (Å²) in [5, 5.41) is 20.6. The highest BCUT2D eigenvalue weighted by Crippen LogP contribution is 2.45. The molecule has 0 heterocycles. The summed E-state index contributed by atoms with van der Waals surface area (Å²) >= 11 is 0. The molecule has 5 unspecified atom stereocenters. The van der Waals surface area contributed by atoms with Crippen LogP contribution in [0.3, 0.4) is 0 Å². The van der Waals surface area contributed by atoms with Gasteiger partial charge < -0.3 is 34.2 Å². The van der Waals surface area contributed by atoms with Gasteiger partial charge in [-0.25, -0.2) is 9.13 Å². The van der Waals surface area contributed by atoms with Gasteiger partial charge in [0.05, 0.1) is 26.4 Å². The molecule has 0 aromatic carbocycles. The summed E-state index contributed by atoms with van der Waals surface area (Å²) in [6.45, 7) is 2.38. The van der Waals surface area contributed by atoms with Crippen molar-refractivity contribution in [1.82, 2.24) is 0 Å². The Hall–Kier alpha value is -4.83. The molecule has 16 nitrogen and oxygen atoms in total. The largest absolute Gasteiger partial charge is 0.472 e. The zero-order chi connectivity index (χ0) is 75.2. The number of carbonyl (C=O) groups is 3. The molecule has 103 heavy (non-hydrogen) atoms. The summed E-state index contributed by atoms with van der Waals surface area (Å²) in [5.41, 5.74) is 0. The molecule has 4 N–H and O–H groups in total. The second kappa shape index (κ2) is 76.8. The van der Waals surface area contributed by atoms with Crippen molar-refractivity contribution in [1.29, 1.82) is 0 Å². The van der Waals surface area contributed by atoms with Crippen molar-refractivity contribution < 1.29 is 75.8 Å². The molecule has 0 amide bonds. The average Bonchev–Trinajstić information content (AvgIpc) is 0.915. The molecule has 0 fully saturated rings. The number of allylic oxidation sites excluding steroid dienone is 26. The molecule has 0 aliphatic carbocycles. The van der Waals surface area contributed by atoms with Gasteiger partial charge in [-0.2, -0.15) is 0 Å². The van der Waals surface area contributed by atoms with E-state index in [9.17, 15) is 43.5 Å². The van der Waals surface area contributed by atoms with Gasteiger partial charge in [-0.05, 0) is 148 Å². The molecule has 0 aromatic rings. The van der Waals surface area contributed by atoms with Crippen molar-refractivity contribution >= 4 is 33.6 Å². The normalized spacial score (nSPS) is 14.8. The van der Waals surface area contributed by atoms with Crippen LogP contribution >= 0.6 is 15.6 Å². The molecule has 0 saturated heterocycles. The second-order valence-corrected chi connectivity index (χ2v) is 29.0. The topological polar surface area (TPSA) is 231 Å². The third-order valence-electron chi connectivity index (χ3n) is 16.2. The van der Waals surface area contributed by atoms with Crippen LogP contribution in [0, 0.1) is 0 Å². The predicted molar refractivity (Wildman–Crippen MR) is 426 cm³/mol. The number of rotatable bonds is 74. The van der Waals surface area contributed by atoms with Gasteiger partial charge >= 0.3 is 33.6 Å². The van der Waals surface area contributed by atoms with Gasteiger partial charge in [0.2, 0.25) is 0 Å². The number of hydrogen-bond donors (Lipinski definition) is 4. The molecule has 0 bridgehead atoms. The Morgan fingerprint density at radius 3 is 0.816 bits per heavy atom. The molecular weight excluding hydrogens is 1340 g/mol. The molecule has 0 rings (SSSR count). The van der Waals surface area contributed by atoms with E-state index in [1.165, 1.54) is 70.6 Å². The number of unbranched alkanes of at least 4 members (excludes halogenated alkanes) is 25. The van der Waals surface area contributed by atoms with Crippen LogP contribution in [0.2, 0.25) is 0 Å². The highest BCUT2D eigenvalue weighted by atomic mass is 31.2. The molecule has 0 aliphatic heterocycles. The average molecular weight is 1480 g/mol. The number of carbonyl (C=O) groups excluding carboxylic acids is 3. The molecule has 0 spiro atoms. The van der Waals surface area contributed by atoms with E-state index < -0.39 is 91.5 Å². The summed E-state index contributed by atoms with van der Waals surface area (Å²) in [7, 11) is -9.81. The van der Waals surface area contributed by atoms with E-state index in [1.54, 1.807) is 0 Å². The van der Waals surface area contributed by atoms with Crippen LogP contribution in [-0.2, 0) is 55.8 Å². The van der Waals surface area contributed by atoms with Crippen LogP contribution in [0.4, 0.5) is 0 Å². The second-order valence-electron chi connectivity index (χ2n) is 26.1. The van der Waals surface area contributed by atoms with Crippen LogP contribution in [-0.4, -0.2) is 95.9 Å². The minimum atomic E-state index is -4.95. The van der Waals surface area contributed by atoms with Crippen LogP contribution in [0.5, 0.6) is 0 Å². The molecule has 0 aromatic heterocycles. The number of phosphoric ester groups is 2. The van der Waals surface area contributed by atoms with E-state index in [1.807, 2.05) is 0 Å². The summed E-state index contributed by atoms with van der Waals surface area (Å²) in [4.78, 5) is 58.7. The fraction of sp³-hybridized carbons (Fsp3) is 0.659. The van der Waals surface area contributed by atoms with E-state index in [4.69, 9.17) is 32.3 Å². The molecule has 0 aliphatic rings. The van der Waals surface area contributed by atoms with Crippen LogP contribution in [0.1, 0.15) is 303 Å². The van der Waals surface area contributed by atoms with E-state index in [0.29, 0.717) is 19.3 Å². The first kappa shape index (κ1) is 98.2. The maximum atomic E-state index is 13.0. The van der Waals surface area contributed by atoms with E-state index in [-0.39, 0.29) is 19.3 Å². The van der Waals surface area contributed by atoms with Crippen molar-refractivity contribution in [2.24, 2.45) is 0 Å². The summed E-state index contributed by atoms with van der Waals surface area (Å²) in [5.74, 6) is -1.62. The van der Waals surface area contributed by atoms with Crippen LogP contribution < -0.4 is 0 Å². The van der Waals surface area contributed by atoms with Gasteiger partial charge in [0.25, 0.3) is 0 Å². The third-order valence-corrected chi connectivity index (χ3v) is 18.1. The summed E-state index contributed by atoms with van der Waals surface area (Å²) in [6.07, 6.45) is 95.7. The molecule has 5 atom stereocenters. The number of aliphatic hydroxyl groups is 2. The predicted octanol–water partition coefficient (Wildman–Crippen LogP) is 23.4. The maximum Gasteiger partial charge on any atom is 0.472 e. The standard InChI is InChI=1S/C85H142O16P2/c1-4-7-10-13-16-19-22-25-28-31-33-34-35-36-37-38-39-40-41-42-43-44-46-49-50-53-56-59-62-65-68-71-83(88)95-74-80(86)75-97-102(91,92)98-76-81(87)77-99-103(93,94)100-79-82(101-85(90)73-70-67-64-61-58-55-52-47-30-27-24-21-18-15-12-9-6-3)78-96-84(89)72-69-66-63-60-57-54-51-48-45-32-29-26-23-20-17-14-11-8-5-2/h7,9-10,12,16-21,25-30,33-34,36-37,39-40,45,48,52,55,80-82,86-87H,4-6,8,11,13-15,22-24,31-32,35,38,41-44,46-47,49-51,53-54,56-79H2,1-3H3,(H,91,92)(H,93,94)/b10-7-,12-9-,19-16-,20-17-,21-18-,28-25-,29-26-,30-27-,34-33-,37-36-,40-39-,48-45-,55-52-. The number of aliphatic hydroxyl groups excluding tert-OH is 2. The lowest BCUT2D eigenvalue weighted by Gasteiger charge is -2.21. The van der Waals surface area contributed by atoms with Gasteiger partial charge in [-0.15, -0.1) is 0 Å². The lowest BCUT2D eigenvalue weighted by molar-refractivity contribution is -0.161. The van der Waals surface area contributed by atoms with Crippen molar-refractivity contribution in [2.45, 2.75) is 322 Å². The summed E-state index contributed by atoms with van der Waals surface area (Å²) in [6, 6.07) is 0. The van der Waals surface area contributed by atoms with Gasteiger partial charge in [0, 0.05) is 19.3 Å². The number of phosphoric acid groups is 2. The number of ether oxygens (including phenoxy) is 3. The van der Waals surface area contributed by atoms with Crippen molar-refractivity contribution in [2.75, 3.05) is 39.6 Å². The smallest absolute Gasteiger partial charge is 0.463 e. The Morgan fingerprint density at radius 1 is 0.282 bits per heavy atom. The van der Waals surface area contributed by atoms with E-state index in [0.717, 1.165) is 173 Å².